The fraction of sp³-hybridized carbons (Fsp3) is 0.211. The molecule has 0 aliphatic carbocycles. The number of nitro benzene ring substituents is 1. The average molecular weight is 440 g/mol. The summed E-state index contributed by atoms with van der Waals surface area (Å²) in [5.74, 6) is -3.03. The number of amides is 1. The number of non-ortho nitro benzene ring substituents is 1. The van der Waals surface area contributed by atoms with Crippen LogP contribution in [0.5, 0.6) is 0 Å². The Balaban J connectivity index is 2.21. The number of carbonyl (C=O) groups excluding carboxylic acids is 3. The summed E-state index contributed by atoms with van der Waals surface area (Å²) in [6, 6.07) is 7.22. The molecule has 2 aromatic rings. The standard InChI is InChI=1S/C19H15F3N2O7/c1-10(31-18(27)13-6-4-3-5-12(13)17(26)30-2)16(25)23-15-8-7-11(24(28)29)9-14(15)19(20,21)22/h3-10H,1-2H3,(H,23,25). The van der Waals surface area contributed by atoms with Gasteiger partial charge in [-0.1, -0.05) is 12.1 Å². The van der Waals surface area contributed by atoms with E-state index in [2.05, 4.69) is 4.74 Å². The Hall–Kier alpha value is -3.96. The molecule has 164 valence electrons. The minimum Gasteiger partial charge on any atom is -0.465 e. The van der Waals surface area contributed by atoms with Crippen molar-refractivity contribution in [3.05, 3.63) is 69.3 Å². The monoisotopic (exact) mass is 440 g/mol. The molecule has 12 heteroatoms. The SMILES string of the molecule is COC(=O)c1ccccc1C(=O)OC(C)C(=O)Nc1ccc([N+](=O)[O-])cc1C(F)(F)F. The zero-order valence-corrected chi connectivity index (χ0v) is 16.1. The van der Waals surface area contributed by atoms with Crippen molar-refractivity contribution >= 4 is 29.2 Å². The quantitative estimate of drug-likeness (QED) is 0.413. The molecule has 0 radical (unpaired) electrons. The van der Waals surface area contributed by atoms with E-state index in [1.54, 1.807) is 0 Å². The molecule has 1 amide bonds. The smallest absolute Gasteiger partial charge is 0.418 e. The summed E-state index contributed by atoms with van der Waals surface area (Å²) in [5, 5.41) is 12.7. The number of methoxy groups -OCH3 is 1. The van der Waals surface area contributed by atoms with E-state index in [-0.39, 0.29) is 17.2 Å². The van der Waals surface area contributed by atoms with Crippen LogP contribution < -0.4 is 5.32 Å². The lowest BCUT2D eigenvalue weighted by molar-refractivity contribution is -0.385. The molecular weight excluding hydrogens is 425 g/mol. The van der Waals surface area contributed by atoms with Gasteiger partial charge in [-0.05, 0) is 25.1 Å². The Morgan fingerprint density at radius 2 is 1.65 bits per heavy atom. The van der Waals surface area contributed by atoms with Crippen molar-refractivity contribution in [1.82, 2.24) is 0 Å². The summed E-state index contributed by atoms with van der Waals surface area (Å²) in [6.07, 6.45) is -6.55. The number of nitrogens with zero attached hydrogens (tertiary/aromatic N) is 1. The number of anilines is 1. The fourth-order valence-electron chi connectivity index (χ4n) is 2.45. The minimum atomic E-state index is -4.99. The molecular formula is C19H15F3N2O7. The zero-order valence-electron chi connectivity index (χ0n) is 16.1. The van der Waals surface area contributed by atoms with Gasteiger partial charge in [0.2, 0.25) is 0 Å². The molecule has 1 atom stereocenters. The van der Waals surface area contributed by atoms with Crippen LogP contribution in [0.2, 0.25) is 0 Å². The first-order chi connectivity index (χ1) is 14.5. The molecule has 9 nitrogen and oxygen atoms in total. The van der Waals surface area contributed by atoms with Crippen LogP contribution in [0.4, 0.5) is 24.5 Å². The second-order valence-electron chi connectivity index (χ2n) is 6.06. The molecule has 31 heavy (non-hydrogen) atoms. The number of carbonyl (C=O) groups is 3. The number of hydrogen-bond acceptors (Lipinski definition) is 7. The fourth-order valence-corrected chi connectivity index (χ4v) is 2.45. The summed E-state index contributed by atoms with van der Waals surface area (Å²) < 4.78 is 49.2. The van der Waals surface area contributed by atoms with Gasteiger partial charge in [-0.3, -0.25) is 14.9 Å². The first kappa shape index (κ1) is 23.3. The Labute approximate surface area is 172 Å². The summed E-state index contributed by atoms with van der Waals surface area (Å²) >= 11 is 0. The molecule has 0 aliphatic heterocycles. The van der Waals surface area contributed by atoms with Crippen LogP contribution >= 0.6 is 0 Å². The summed E-state index contributed by atoms with van der Waals surface area (Å²) in [4.78, 5) is 46.1. The van der Waals surface area contributed by atoms with E-state index < -0.39 is 52.0 Å². The highest BCUT2D eigenvalue weighted by Crippen LogP contribution is 2.37. The molecule has 2 rings (SSSR count). The van der Waals surface area contributed by atoms with Crippen LogP contribution in [0.15, 0.2) is 42.5 Å². The lowest BCUT2D eigenvalue weighted by Gasteiger charge is -2.17. The summed E-state index contributed by atoms with van der Waals surface area (Å²) in [6.45, 7) is 1.10. The number of hydrogen-bond donors (Lipinski definition) is 1. The van der Waals surface area contributed by atoms with Crippen molar-refractivity contribution < 1.29 is 42.0 Å². The molecule has 0 heterocycles. The molecule has 1 unspecified atom stereocenters. The molecule has 0 spiro atoms. The van der Waals surface area contributed by atoms with Crippen LogP contribution in [0.1, 0.15) is 33.2 Å². The van der Waals surface area contributed by atoms with Crippen molar-refractivity contribution in [2.45, 2.75) is 19.2 Å². The van der Waals surface area contributed by atoms with Crippen LogP contribution in [0.25, 0.3) is 0 Å². The number of rotatable bonds is 6. The van der Waals surface area contributed by atoms with Gasteiger partial charge in [-0.15, -0.1) is 0 Å². The third-order valence-electron chi connectivity index (χ3n) is 3.98. The normalized spacial score (nSPS) is 11.9. The zero-order chi connectivity index (χ0) is 23.3. The predicted octanol–water partition coefficient (Wildman–Crippen LogP) is 3.58. The van der Waals surface area contributed by atoms with E-state index in [0.717, 1.165) is 26.2 Å². The molecule has 2 aromatic carbocycles. The van der Waals surface area contributed by atoms with Gasteiger partial charge in [0.05, 0.1) is 34.4 Å². The number of alkyl halides is 3. The van der Waals surface area contributed by atoms with Crippen molar-refractivity contribution in [2.75, 3.05) is 12.4 Å². The van der Waals surface area contributed by atoms with Crippen LogP contribution in [-0.2, 0) is 20.4 Å². The number of esters is 2. The third kappa shape index (κ3) is 5.56. The Bertz CT molecular complexity index is 1040. The van der Waals surface area contributed by atoms with E-state index in [4.69, 9.17) is 4.74 Å². The van der Waals surface area contributed by atoms with Crippen LogP contribution in [0.3, 0.4) is 0 Å². The number of halogens is 3. The maximum Gasteiger partial charge on any atom is 0.418 e. The Morgan fingerprint density at radius 3 is 2.16 bits per heavy atom. The van der Waals surface area contributed by atoms with Crippen molar-refractivity contribution in [2.24, 2.45) is 0 Å². The molecule has 0 saturated heterocycles. The lowest BCUT2D eigenvalue weighted by atomic mass is 10.1. The molecule has 0 fully saturated rings. The second-order valence-corrected chi connectivity index (χ2v) is 6.06. The van der Waals surface area contributed by atoms with E-state index in [1.807, 2.05) is 5.32 Å². The first-order valence-corrected chi connectivity index (χ1v) is 8.50. The summed E-state index contributed by atoms with van der Waals surface area (Å²) in [5.41, 5.74) is -3.34. The number of benzene rings is 2. The van der Waals surface area contributed by atoms with Gasteiger partial charge in [-0.25, -0.2) is 9.59 Å². The van der Waals surface area contributed by atoms with E-state index in [0.29, 0.717) is 0 Å². The van der Waals surface area contributed by atoms with Gasteiger partial charge in [0.1, 0.15) is 0 Å². The average Bonchev–Trinajstić information content (AvgIpc) is 2.72. The second kappa shape index (κ2) is 9.24. The van der Waals surface area contributed by atoms with E-state index in [1.165, 1.54) is 24.3 Å². The number of nitro groups is 1. The predicted molar refractivity (Wildman–Crippen MR) is 99.4 cm³/mol. The van der Waals surface area contributed by atoms with Crippen LogP contribution in [0, 0.1) is 10.1 Å². The largest absolute Gasteiger partial charge is 0.465 e. The third-order valence-corrected chi connectivity index (χ3v) is 3.98. The number of nitrogens with one attached hydrogen (secondary N) is 1. The Kier molecular flexibility index (Phi) is 6.95. The minimum absolute atomic E-state index is 0.127. The molecule has 0 aromatic heterocycles. The first-order valence-electron chi connectivity index (χ1n) is 8.50. The lowest BCUT2D eigenvalue weighted by Crippen LogP contribution is -2.31. The van der Waals surface area contributed by atoms with Gasteiger partial charge < -0.3 is 14.8 Å². The molecule has 1 N–H and O–H groups in total. The van der Waals surface area contributed by atoms with Gasteiger partial charge in [-0.2, -0.15) is 13.2 Å². The van der Waals surface area contributed by atoms with Gasteiger partial charge in [0.25, 0.3) is 11.6 Å². The maximum absolute atomic E-state index is 13.2. The van der Waals surface area contributed by atoms with Gasteiger partial charge in [0.15, 0.2) is 6.10 Å². The van der Waals surface area contributed by atoms with Crippen molar-refractivity contribution in [3.8, 4) is 0 Å². The van der Waals surface area contributed by atoms with Crippen molar-refractivity contribution in [1.29, 1.82) is 0 Å². The topological polar surface area (TPSA) is 125 Å². The molecule has 0 aliphatic rings. The maximum atomic E-state index is 13.2. The highest BCUT2D eigenvalue weighted by atomic mass is 19.4. The van der Waals surface area contributed by atoms with Gasteiger partial charge in [0, 0.05) is 12.1 Å². The van der Waals surface area contributed by atoms with Crippen LogP contribution in [-0.4, -0.2) is 36.0 Å². The molecule has 0 bridgehead atoms. The van der Waals surface area contributed by atoms with E-state index >= 15 is 0 Å². The number of ether oxygens (including phenoxy) is 2. The van der Waals surface area contributed by atoms with E-state index in [9.17, 15) is 37.7 Å². The highest BCUT2D eigenvalue weighted by molar-refractivity contribution is 6.04. The Morgan fingerprint density at radius 1 is 1.06 bits per heavy atom. The van der Waals surface area contributed by atoms with Gasteiger partial charge >= 0.3 is 18.1 Å². The highest BCUT2D eigenvalue weighted by Gasteiger charge is 2.36. The molecule has 0 saturated carbocycles. The van der Waals surface area contributed by atoms with Crippen molar-refractivity contribution in [3.63, 3.8) is 0 Å². The summed E-state index contributed by atoms with van der Waals surface area (Å²) in [7, 11) is 1.10.